The molecule has 1 aliphatic rings. The van der Waals surface area contributed by atoms with Crippen molar-refractivity contribution in [3.8, 4) is 0 Å². The summed E-state index contributed by atoms with van der Waals surface area (Å²) < 4.78 is 5.57. The maximum absolute atomic E-state index is 5.57. The first-order valence-electron chi connectivity index (χ1n) is 6.79. The van der Waals surface area contributed by atoms with Crippen molar-refractivity contribution < 1.29 is 4.74 Å². The van der Waals surface area contributed by atoms with Crippen LogP contribution in [0.1, 0.15) is 41.5 Å². The molecule has 0 aliphatic carbocycles. The average Bonchev–Trinajstić information content (AvgIpc) is 2.18. The van der Waals surface area contributed by atoms with Crippen LogP contribution in [0.5, 0.6) is 0 Å². The number of hydrogen-bond donors (Lipinski definition) is 1. The predicted molar refractivity (Wildman–Crippen MR) is 73.4 cm³/mol. The largest absolute Gasteiger partial charge is 0.378 e. The van der Waals surface area contributed by atoms with E-state index in [4.69, 9.17) is 4.74 Å². The van der Waals surface area contributed by atoms with Gasteiger partial charge in [-0.05, 0) is 19.3 Å². The molecule has 1 aliphatic heterocycles. The maximum atomic E-state index is 5.57. The van der Waals surface area contributed by atoms with Gasteiger partial charge in [0.2, 0.25) is 0 Å². The molecule has 1 saturated heterocycles. The molecule has 0 amide bonds. The molecule has 1 fully saturated rings. The second kappa shape index (κ2) is 5.68. The van der Waals surface area contributed by atoms with Crippen LogP contribution < -0.4 is 5.32 Å². The van der Waals surface area contributed by atoms with Gasteiger partial charge >= 0.3 is 0 Å². The number of nitrogens with zero attached hydrogens (tertiary/aromatic N) is 1. The van der Waals surface area contributed by atoms with Crippen LogP contribution in [0.25, 0.3) is 0 Å². The van der Waals surface area contributed by atoms with E-state index in [1.54, 1.807) is 0 Å². The van der Waals surface area contributed by atoms with Gasteiger partial charge in [0, 0.05) is 31.2 Å². The van der Waals surface area contributed by atoms with Crippen LogP contribution in [0.3, 0.4) is 0 Å². The van der Waals surface area contributed by atoms with E-state index in [9.17, 15) is 0 Å². The second-order valence-electron chi connectivity index (χ2n) is 6.99. The van der Waals surface area contributed by atoms with Crippen molar-refractivity contribution in [3.63, 3.8) is 0 Å². The highest BCUT2D eigenvalue weighted by Gasteiger charge is 2.34. The van der Waals surface area contributed by atoms with Crippen LogP contribution in [-0.4, -0.2) is 49.3 Å². The summed E-state index contributed by atoms with van der Waals surface area (Å²) in [5.74, 6) is 0. The average molecular weight is 242 g/mol. The third-order valence-corrected chi connectivity index (χ3v) is 3.42. The van der Waals surface area contributed by atoms with Crippen molar-refractivity contribution in [3.05, 3.63) is 0 Å². The van der Waals surface area contributed by atoms with Gasteiger partial charge in [0.1, 0.15) is 0 Å². The fraction of sp³-hybridized carbons (Fsp3) is 1.00. The summed E-state index contributed by atoms with van der Waals surface area (Å²) in [5.41, 5.74) is 0.478. The highest BCUT2D eigenvalue weighted by atomic mass is 16.5. The summed E-state index contributed by atoms with van der Waals surface area (Å²) in [7, 11) is 0. The Kier molecular flexibility index (Phi) is 4.99. The van der Waals surface area contributed by atoms with E-state index in [1.165, 1.54) is 0 Å². The van der Waals surface area contributed by atoms with Crippen molar-refractivity contribution in [2.45, 2.75) is 53.1 Å². The molecule has 0 radical (unpaired) electrons. The summed E-state index contributed by atoms with van der Waals surface area (Å²) in [4.78, 5) is 2.57. The second-order valence-corrected chi connectivity index (χ2v) is 6.99. The van der Waals surface area contributed by atoms with Gasteiger partial charge in [0.15, 0.2) is 0 Å². The van der Waals surface area contributed by atoms with Gasteiger partial charge in [-0.2, -0.15) is 0 Å². The summed E-state index contributed by atoms with van der Waals surface area (Å²) in [6.07, 6.45) is 0. The fourth-order valence-corrected chi connectivity index (χ4v) is 2.24. The molecule has 0 bridgehead atoms. The van der Waals surface area contributed by atoms with E-state index < -0.39 is 0 Å². The molecule has 0 aromatic carbocycles. The van der Waals surface area contributed by atoms with Crippen molar-refractivity contribution in [1.82, 2.24) is 10.2 Å². The lowest BCUT2D eigenvalue weighted by molar-refractivity contribution is -0.0645. The zero-order valence-electron chi connectivity index (χ0n) is 12.5. The molecule has 0 aromatic heterocycles. The minimum Gasteiger partial charge on any atom is -0.378 e. The third-order valence-electron chi connectivity index (χ3n) is 3.42. The Balaban J connectivity index is 2.50. The predicted octanol–water partition coefficient (Wildman–Crippen LogP) is 2.12. The van der Waals surface area contributed by atoms with E-state index in [0.717, 1.165) is 32.8 Å². The molecule has 0 atom stereocenters. The van der Waals surface area contributed by atoms with Gasteiger partial charge in [-0.1, -0.05) is 27.7 Å². The molecule has 0 unspecified atom stereocenters. The van der Waals surface area contributed by atoms with Gasteiger partial charge in [-0.3, -0.25) is 4.90 Å². The van der Waals surface area contributed by atoms with Crippen LogP contribution >= 0.6 is 0 Å². The van der Waals surface area contributed by atoms with E-state index in [-0.39, 0.29) is 5.54 Å². The Morgan fingerprint density at radius 3 is 2.53 bits per heavy atom. The molecule has 17 heavy (non-hydrogen) atoms. The Hall–Kier alpha value is -0.120. The van der Waals surface area contributed by atoms with Gasteiger partial charge in [-0.25, -0.2) is 0 Å². The quantitative estimate of drug-likeness (QED) is 0.799. The van der Waals surface area contributed by atoms with Crippen LogP contribution in [0.15, 0.2) is 0 Å². The molecule has 3 heteroatoms. The van der Waals surface area contributed by atoms with E-state index >= 15 is 0 Å². The number of ether oxygens (including phenoxy) is 1. The summed E-state index contributed by atoms with van der Waals surface area (Å²) in [6, 6.07) is 0.562. The summed E-state index contributed by atoms with van der Waals surface area (Å²) in [5, 5.41) is 3.54. The van der Waals surface area contributed by atoms with E-state index in [2.05, 4.69) is 51.8 Å². The standard InChI is InChI=1S/C14H30N2O/c1-12(2)15-9-13(3,4)10-16-7-8-17-11-14(16,5)6/h12,15H,7-11H2,1-6H3. The van der Waals surface area contributed by atoms with Gasteiger partial charge in [0.25, 0.3) is 0 Å². The molecule has 3 nitrogen and oxygen atoms in total. The first-order chi connectivity index (χ1) is 7.73. The van der Waals surface area contributed by atoms with Gasteiger partial charge < -0.3 is 10.1 Å². The topological polar surface area (TPSA) is 24.5 Å². The van der Waals surface area contributed by atoms with Crippen LogP contribution in [0.2, 0.25) is 0 Å². The number of hydrogen-bond acceptors (Lipinski definition) is 3. The van der Waals surface area contributed by atoms with E-state index in [1.807, 2.05) is 0 Å². The molecular weight excluding hydrogens is 212 g/mol. The highest BCUT2D eigenvalue weighted by Crippen LogP contribution is 2.25. The van der Waals surface area contributed by atoms with Crippen molar-refractivity contribution in [2.75, 3.05) is 32.8 Å². The minimum absolute atomic E-state index is 0.174. The molecule has 1 rings (SSSR count). The van der Waals surface area contributed by atoms with Crippen LogP contribution in [0, 0.1) is 5.41 Å². The molecule has 1 heterocycles. The molecule has 0 saturated carbocycles. The van der Waals surface area contributed by atoms with Gasteiger partial charge in [-0.15, -0.1) is 0 Å². The lowest BCUT2D eigenvalue weighted by Gasteiger charge is -2.45. The summed E-state index contributed by atoms with van der Waals surface area (Å²) >= 11 is 0. The van der Waals surface area contributed by atoms with Crippen molar-refractivity contribution >= 4 is 0 Å². The monoisotopic (exact) mass is 242 g/mol. The van der Waals surface area contributed by atoms with Crippen LogP contribution in [0.4, 0.5) is 0 Å². The molecule has 0 aromatic rings. The summed E-state index contributed by atoms with van der Waals surface area (Å²) in [6.45, 7) is 18.6. The SMILES string of the molecule is CC(C)NCC(C)(C)CN1CCOCC1(C)C. The van der Waals surface area contributed by atoms with E-state index in [0.29, 0.717) is 11.5 Å². The fourth-order valence-electron chi connectivity index (χ4n) is 2.24. The number of morpholine rings is 1. The molecular formula is C14H30N2O. The normalized spacial score (nSPS) is 22.1. The smallest absolute Gasteiger partial charge is 0.0645 e. The lowest BCUT2D eigenvalue weighted by Crippen LogP contribution is -2.56. The molecule has 1 N–H and O–H groups in total. The minimum atomic E-state index is 0.174. The maximum Gasteiger partial charge on any atom is 0.0645 e. The first-order valence-corrected chi connectivity index (χ1v) is 6.79. The Labute approximate surface area is 107 Å². The number of nitrogens with one attached hydrogen (secondary N) is 1. The third kappa shape index (κ3) is 4.94. The number of rotatable bonds is 5. The van der Waals surface area contributed by atoms with Crippen LogP contribution in [-0.2, 0) is 4.74 Å². The van der Waals surface area contributed by atoms with Gasteiger partial charge in [0.05, 0.1) is 13.2 Å². The lowest BCUT2D eigenvalue weighted by atomic mass is 9.89. The Morgan fingerprint density at radius 2 is 2.00 bits per heavy atom. The Bertz CT molecular complexity index is 236. The van der Waals surface area contributed by atoms with Crippen molar-refractivity contribution in [1.29, 1.82) is 0 Å². The highest BCUT2D eigenvalue weighted by molar-refractivity contribution is 4.88. The zero-order valence-corrected chi connectivity index (χ0v) is 12.5. The molecule has 0 spiro atoms. The zero-order chi connectivity index (χ0) is 13.1. The Morgan fingerprint density at radius 1 is 1.35 bits per heavy atom. The molecule has 102 valence electrons. The first kappa shape index (κ1) is 14.9. The van der Waals surface area contributed by atoms with Crippen molar-refractivity contribution in [2.24, 2.45) is 5.41 Å².